The zero-order valence-corrected chi connectivity index (χ0v) is 30.4. The highest BCUT2D eigenvalue weighted by Crippen LogP contribution is 2.43. The van der Waals surface area contributed by atoms with Crippen molar-refractivity contribution in [1.29, 1.82) is 0 Å². The van der Waals surface area contributed by atoms with Crippen LogP contribution in [0.1, 0.15) is 0 Å². The summed E-state index contributed by atoms with van der Waals surface area (Å²) in [6.45, 7) is 0. The van der Waals surface area contributed by atoms with Crippen LogP contribution in [0.25, 0.3) is 109 Å². The molecule has 0 aliphatic carbocycles. The third kappa shape index (κ3) is 5.17. The fraction of sp³-hybridized carbons (Fsp3) is 0. The van der Waals surface area contributed by atoms with Crippen LogP contribution in [-0.4, -0.2) is 15.0 Å². The Bertz CT molecular complexity index is 3350. The summed E-state index contributed by atoms with van der Waals surface area (Å²) in [6, 6.07) is 67.6. The van der Waals surface area contributed by atoms with Crippen molar-refractivity contribution in [2.45, 2.75) is 0 Å². The summed E-state index contributed by atoms with van der Waals surface area (Å²) in [4.78, 5) is 15.0. The summed E-state index contributed by atoms with van der Waals surface area (Å²) < 4.78 is 0. The Balaban J connectivity index is 1.40. The van der Waals surface area contributed by atoms with Crippen molar-refractivity contribution < 1.29 is 0 Å². The molecule has 56 heavy (non-hydrogen) atoms. The van der Waals surface area contributed by atoms with Gasteiger partial charge in [-0.05, 0) is 99.7 Å². The minimum Gasteiger partial charge on any atom is -0.264 e. The highest BCUT2D eigenvalue weighted by Gasteiger charge is 2.17. The van der Waals surface area contributed by atoms with E-state index < -0.39 is 0 Å². The molecule has 11 rings (SSSR count). The number of benzene rings is 8. The second-order valence-corrected chi connectivity index (χ2v) is 14.3. The molecule has 0 aliphatic heterocycles. The van der Waals surface area contributed by atoms with Gasteiger partial charge in [0.2, 0.25) is 0 Å². The number of rotatable bonds is 3. The first-order chi connectivity index (χ1) is 27.8. The molecule has 0 radical (unpaired) electrons. The average Bonchev–Trinajstić information content (AvgIpc) is 3.28. The van der Waals surface area contributed by atoms with Gasteiger partial charge in [0.1, 0.15) is 0 Å². The molecule has 0 aliphatic rings. The van der Waals surface area contributed by atoms with Crippen molar-refractivity contribution in [2.24, 2.45) is 0 Å². The van der Waals surface area contributed by atoms with Gasteiger partial charge in [-0.15, -0.1) is 0 Å². The quantitative estimate of drug-likeness (QED) is 0.171. The van der Waals surface area contributed by atoms with Gasteiger partial charge in [0.25, 0.3) is 0 Å². The molecule has 2 heterocycles. The van der Waals surface area contributed by atoms with Gasteiger partial charge in [-0.25, -0.2) is 9.97 Å². The van der Waals surface area contributed by atoms with Gasteiger partial charge < -0.3 is 0 Å². The molecular formula is C53H33N3. The lowest BCUT2D eigenvalue weighted by atomic mass is 9.88. The third-order valence-corrected chi connectivity index (χ3v) is 11.2. The van der Waals surface area contributed by atoms with Crippen molar-refractivity contribution >= 4 is 75.4 Å². The SMILES string of the molecule is c1ccc(-c2cc(-c3cccnc3)nc(-c3ccc4c5ccccc5c5ccccc5c5ccccc5c5c6ccccc6c6ccccc6c5c4c3)n2)cc1. The molecule has 0 spiro atoms. The van der Waals surface area contributed by atoms with Crippen molar-refractivity contribution in [3.63, 3.8) is 0 Å². The van der Waals surface area contributed by atoms with E-state index in [-0.39, 0.29) is 0 Å². The van der Waals surface area contributed by atoms with Crippen LogP contribution in [0.4, 0.5) is 0 Å². The van der Waals surface area contributed by atoms with Crippen molar-refractivity contribution in [3.8, 4) is 33.9 Å². The standard InChI is InChI=1S/C53H33N3/c1-2-15-34(16-3-1)49-32-50(36-17-14-30-54-33-36)56-53(55-49)35-28-29-44-40-21-7-5-19-38(40)37-18-4-6-20-39(37)41-22-8-11-25-45(41)51-46-26-12-9-23-42(46)43-24-10-13-27-47(43)52(51)48(44)31-35/h1-33H. The second kappa shape index (κ2) is 13.1. The van der Waals surface area contributed by atoms with Crippen LogP contribution in [0.15, 0.2) is 200 Å². The van der Waals surface area contributed by atoms with Crippen LogP contribution in [0.2, 0.25) is 0 Å². The molecule has 260 valence electrons. The highest BCUT2D eigenvalue weighted by molar-refractivity contribution is 6.38. The molecule has 0 atom stereocenters. The molecule has 0 fully saturated rings. The first-order valence-electron chi connectivity index (χ1n) is 19.0. The molecule has 2 aromatic heterocycles. The van der Waals surface area contributed by atoms with E-state index in [1.54, 1.807) is 6.20 Å². The maximum Gasteiger partial charge on any atom is 0.160 e. The Labute approximate surface area is 323 Å². The Kier molecular flexibility index (Phi) is 7.49. The van der Waals surface area contributed by atoms with E-state index in [9.17, 15) is 0 Å². The Morgan fingerprint density at radius 1 is 0.268 bits per heavy atom. The van der Waals surface area contributed by atoms with Gasteiger partial charge >= 0.3 is 0 Å². The number of pyridine rings is 1. The van der Waals surface area contributed by atoms with Crippen LogP contribution in [0.5, 0.6) is 0 Å². The van der Waals surface area contributed by atoms with Gasteiger partial charge in [0, 0.05) is 29.1 Å². The molecule has 0 saturated heterocycles. The largest absolute Gasteiger partial charge is 0.264 e. The van der Waals surface area contributed by atoms with Crippen LogP contribution in [0, 0.1) is 0 Å². The summed E-state index contributed by atoms with van der Waals surface area (Å²) in [5.41, 5.74) is 4.61. The van der Waals surface area contributed by atoms with Crippen molar-refractivity contribution in [2.75, 3.05) is 0 Å². The maximum absolute atomic E-state index is 5.27. The molecule has 0 saturated carbocycles. The minimum atomic E-state index is 0.663. The minimum absolute atomic E-state index is 0.663. The average molecular weight is 712 g/mol. The molecule has 11 aromatic rings. The summed E-state index contributed by atoms with van der Waals surface area (Å²) >= 11 is 0. The first-order valence-corrected chi connectivity index (χ1v) is 19.0. The predicted molar refractivity (Wildman–Crippen MR) is 236 cm³/mol. The van der Waals surface area contributed by atoms with Crippen LogP contribution >= 0.6 is 0 Å². The Hall–Kier alpha value is -7.49. The molecular weight excluding hydrogens is 679 g/mol. The third-order valence-electron chi connectivity index (χ3n) is 11.2. The lowest BCUT2D eigenvalue weighted by Gasteiger charge is -2.15. The smallest absolute Gasteiger partial charge is 0.160 e. The van der Waals surface area contributed by atoms with E-state index in [1.165, 1.54) is 64.6 Å². The van der Waals surface area contributed by atoms with E-state index in [2.05, 4.69) is 181 Å². The number of fused-ring (bicyclic) bond motifs is 15. The molecule has 0 unspecified atom stereocenters. The summed E-state index contributed by atoms with van der Waals surface area (Å²) in [6.07, 6.45) is 3.66. The van der Waals surface area contributed by atoms with Crippen molar-refractivity contribution in [1.82, 2.24) is 15.0 Å². The fourth-order valence-corrected chi connectivity index (χ4v) is 8.66. The maximum atomic E-state index is 5.27. The summed E-state index contributed by atoms with van der Waals surface area (Å²) in [5, 5.41) is 16.8. The normalized spacial score (nSPS) is 11.6. The summed E-state index contributed by atoms with van der Waals surface area (Å²) in [5.74, 6) is 0.663. The lowest BCUT2D eigenvalue weighted by Crippen LogP contribution is -1.96. The fourth-order valence-electron chi connectivity index (χ4n) is 8.66. The highest BCUT2D eigenvalue weighted by atomic mass is 14.9. The van der Waals surface area contributed by atoms with Crippen molar-refractivity contribution in [3.05, 3.63) is 200 Å². The molecule has 0 N–H and O–H groups in total. The van der Waals surface area contributed by atoms with Crippen LogP contribution in [0.3, 0.4) is 0 Å². The van der Waals surface area contributed by atoms with E-state index >= 15 is 0 Å². The van der Waals surface area contributed by atoms with Crippen LogP contribution < -0.4 is 0 Å². The second-order valence-electron chi connectivity index (χ2n) is 14.3. The van der Waals surface area contributed by atoms with E-state index in [1.807, 2.05) is 18.3 Å². The molecule has 0 bridgehead atoms. The van der Waals surface area contributed by atoms with Gasteiger partial charge in [-0.1, -0.05) is 164 Å². The van der Waals surface area contributed by atoms with Gasteiger partial charge in [-0.3, -0.25) is 4.98 Å². The van der Waals surface area contributed by atoms with Gasteiger partial charge in [0.15, 0.2) is 5.82 Å². The zero-order valence-electron chi connectivity index (χ0n) is 30.4. The van der Waals surface area contributed by atoms with Gasteiger partial charge in [0.05, 0.1) is 11.4 Å². The monoisotopic (exact) mass is 711 g/mol. The lowest BCUT2D eigenvalue weighted by molar-refractivity contribution is 1.18. The first kappa shape index (κ1) is 32.0. The van der Waals surface area contributed by atoms with Crippen LogP contribution in [-0.2, 0) is 0 Å². The Morgan fingerprint density at radius 3 is 1.14 bits per heavy atom. The number of hydrogen-bond acceptors (Lipinski definition) is 3. The summed E-state index contributed by atoms with van der Waals surface area (Å²) in [7, 11) is 0. The number of hydrogen-bond donors (Lipinski definition) is 0. The van der Waals surface area contributed by atoms with Gasteiger partial charge in [-0.2, -0.15) is 0 Å². The topological polar surface area (TPSA) is 38.7 Å². The van der Waals surface area contributed by atoms with E-state index in [0.717, 1.165) is 38.9 Å². The Morgan fingerprint density at radius 2 is 0.661 bits per heavy atom. The predicted octanol–water partition coefficient (Wildman–Crippen LogP) is 14.1. The number of nitrogens with zero attached hydrogens (tertiary/aromatic N) is 3. The zero-order chi connectivity index (χ0) is 37.0. The molecule has 3 nitrogen and oxygen atoms in total. The molecule has 3 heteroatoms. The van der Waals surface area contributed by atoms with E-state index in [0.29, 0.717) is 5.82 Å². The number of aromatic nitrogens is 3. The van der Waals surface area contributed by atoms with E-state index in [4.69, 9.17) is 9.97 Å². The molecule has 9 aromatic carbocycles. The molecule has 0 amide bonds.